The van der Waals surface area contributed by atoms with Gasteiger partial charge in [0, 0.05) is 14.5 Å². The largest absolute Gasteiger partial charge is 0.455 e. The maximum Gasteiger partial charge on any atom is 0.148 e. The molecule has 0 saturated carbocycles. The second kappa shape index (κ2) is 5.05. The molecule has 0 unspecified atom stereocenters. The van der Waals surface area contributed by atoms with Gasteiger partial charge in [0.25, 0.3) is 0 Å². The predicted octanol–water partition coefficient (Wildman–Crippen LogP) is 5.76. The van der Waals surface area contributed by atoms with Crippen LogP contribution in [-0.2, 0) is 0 Å². The molecule has 0 aliphatic rings. The van der Waals surface area contributed by atoms with Gasteiger partial charge in [-0.2, -0.15) is 0 Å². The SMILES string of the molecule is Cc1ccc(-c2cc3cc(F)cc(I)c3o2)cc1I. The summed E-state index contributed by atoms with van der Waals surface area (Å²) in [6.07, 6.45) is 0. The van der Waals surface area contributed by atoms with Crippen molar-refractivity contribution in [3.05, 3.63) is 54.9 Å². The van der Waals surface area contributed by atoms with Crippen LogP contribution in [0.15, 0.2) is 40.8 Å². The number of halogens is 3. The second-order valence-electron chi connectivity index (χ2n) is 4.38. The van der Waals surface area contributed by atoms with E-state index in [1.54, 1.807) is 0 Å². The van der Waals surface area contributed by atoms with Gasteiger partial charge in [0.05, 0.1) is 3.57 Å². The summed E-state index contributed by atoms with van der Waals surface area (Å²) in [4.78, 5) is 0. The quantitative estimate of drug-likeness (QED) is 0.406. The fourth-order valence-corrected chi connectivity index (χ4v) is 3.20. The number of hydrogen-bond donors (Lipinski definition) is 0. The third-order valence-corrected chi connectivity index (χ3v) is 4.96. The van der Waals surface area contributed by atoms with E-state index in [2.05, 4.69) is 64.2 Å². The van der Waals surface area contributed by atoms with Crippen LogP contribution in [0.4, 0.5) is 4.39 Å². The zero-order chi connectivity index (χ0) is 13.6. The normalized spacial score (nSPS) is 11.2. The fourth-order valence-electron chi connectivity index (χ4n) is 1.96. The van der Waals surface area contributed by atoms with Crippen molar-refractivity contribution in [3.63, 3.8) is 0 Å². The highest BCUT2D eigenvalue weighted by Crippen LogP contribution is 2.32. The Balaban J connectivity index is 2.20. The van der Waals surface area contributed by atoms with Crippen LogP contribution >= 0.6 is 45.2 Å². The molecular formula is C15H9FI2O. The van der Waals surface area contributed by atoms with E-state index in [9.17, 15) is 4.39 Å². The van der Waals surface area contributed by atoms with Crippen LogP contribution in [-0.4, -0.2) is 0 Å². The number of benzene rings is 2. The molecule has 0 N–H and O–H groups in total. The molecule has 0 aliphatic heterocycles. The van der Waals surface area contributed by atoms with Gasteiger partial charge >= 0.3 is 0 Å². The van der Waals surface area contributed by atoms with Crippen molar-refractivity contribution >= 4 is 56.2 Å². The molecule has 0 amide bonds. The van der Waals surface area contributed by atoms with Gasteiger partial charge in [-0.25, -0.2) is 4.39 Å². The zero-order valence-corrected chi connectivity index (χ0v) is 14.3. The van der Waals surface area contributed by atoms with Gasteiger partial charge in [-0.1, -0.05) is 12.1 Å². The maximum absolute atomic E-state index is 13.4. The van der Waals surface area contributed by atoms with Crippen molar-refractivity contribution in [2.75, 3.05) is 0 Å². The molecule has 2 aromatic carbocycles. The average molecular weight is 478 g/mol. The van der Waals surface area contributed by atoms with Gasteiger partial charge in [-0.3, -0.25) is 0 Å². The molecule has 4 heteroatoms. The molecule has 0 atom stereocenters. The molecule has 0 spiro atoms. The van der Waals surface area contributed by atoms with Crippen molar-refractivity contribution in [1.82, 2.24) is 0 Å². The molecule has 0 fully saturated rings. The van der Waals surface area contributed by atoms with Gasteiger partial charge in [0.2, 0.25) is 0 Å². The summed E-state index contributed by atoms with van der Waals surface area (Å²) in [6.45, 7) is 2.07. The minimum atomic E-state index is -0.234. The first-order chi connectivity index (χ1) is 9.04. The summed E-state index contributed by atoms with van der Waals surface area (Å²) >= 11 is 4.40. The molecule has 1 heterocycles. The van der Waals surface area contributed by atoms with Crippen LogP contribution in [0.2, 0.25) is 0 Å². The second-order valence-corrected chi connectivity index (χ2v) is 6.70. The standard InChI is InChI=1S/C15H9FI2O/c1-8-2-3-9(5-12(8)17)14-6-10-4-11(16)7-13(18)15(10)19-14/h2-7H,1H3. The monoisotopic (exact) mass is 478 g/mol. The summed E-state index contributed by atoms with van der Waals surface area (Å²) in [5.41, 5.74) is 3.00. The number of hydrogen-bond acceptors (Lipinski definition) is 1. The van der Waals surface area contributed by atoms with E-state index in [0.717, 1.165) is 25.9 Å². The topological polar surface area (TPSA) is 13.1 Å². The van der Waals surface area contributed by atoms with E-state index in [1.165, 1.54) is 21.3 Å². The lowest BCUT2D eigenvalue weighted by Gasteiger charge is -2.00. The minimum absolute atomic E-state index is 0.234. The molecular weight excluding hydrogens is 469 g/mol. The molecule has 0 saturated heterocycles. The van der Waals surface area contributed by atoms with E-state index in [0.29, 0.717) is 0 Å². The summed E-state index contributed by atoms with van der Waals surface area (Å²) in [5.74, 6) is 0.541. The van der Waals surface area contributed by atoms with Gasteiger partial charge in [-0.05, 0) is 81.9 Å². The number of rotatable bonds is 1. The Labute approximate surface area is 137 Å². The third kappa shape index (κ3) is 2.52. The molecule has 0 aliphatic carbocycles. The molecule has 19 heavy (non-hydrogen) atoms. The Morgan fingerprint density at radius 3 is 2.53 bits per heavy atom. The Bertz CT molecular complexity index is 777. The highest BCUT2D eigenvalue weighted by molar-refractivity contribution is 14.1. The van der Waals surface area contributed by atoms with E-state index in [1.807, 2.05) is 12.1 Å². The zero-order valence-electron chi connectivity index (χ0n) is 10.0. The van der Waals surface area contributed by atoms with Crippen LogP contribution in [0.1, 0.15) is 5.56 Å². The fraction of sp³-hybridized carbons (Fsp3) is 0.0667. The lowest BCUT2D eigenvalue weighted by Crippen LogP contribution is -1.81. The maximum atomic E-state index is 13.4. The number of fused-ring (bicyclic) bond motifs is 1. The highest BCUT2D eigenvalue weighted by Gasteiger charge is 2.11. The molecule has 3 aromatic rings. The minimum Gasteiger partial charge on any atom is -0.455 e. The molecule has 0 bridgehead atoms. The highest BCUT2D eigenvalue weighted by atomic mass is 127. The summed E-state index contributed by atoms with van der Waals surface area (Å²) in [7, 11) is 0. The summed E-state index contributed by atoms with van der Waals surface area (Å²) < 4.78 is 21.2. The van der Waals surface area contributed by atoms with Gasteiger partial charge < -0.3 is 4.42 Å². The average Bonchev–Trinajstić information content (AvgIpc) is 2.76. The van der Waals surface area contributed by atoms with Crippen molar-refractivity contribution in [2.45, 2.75) is 6.92 Å². The van der Waals surface area contributed by atoms with Gasteiger partial charge in [-0.15, -0.1) is 0 Å². The first-order valence-electron chi connectivity index (χ1n) is 5.70. The van der Waals surface area contributed by atoms with E-state index in [4.69, 9.17) is 4.42 Å². The Kier molecular flexibility index (Phi) is 3.55. The smallest absolute Gasteiger partial charge is 0.148 e. The Hall–Kier alpha value is -0.630. The first-order valence-corrected chi connectivity index (χ1v) is 7.85. The van der Waals surface area contributed by atoms with E-state index in [-0.39, 0.29) is 5.82 Å². The molecule has 1 nitrogen and oxygen atoms in total. The molecule has 0 radical (unpaired) electrons. The number of aryl methyl sites for hydroxylation is 1. The van der Waals surface area contributed by atoms with Crippen molar-refractivity contribution in [2.24, 2.45) is 0 Å². The van der Waals surface area contributed by atoms with Crippen molar-refractivity contribution in [1.29, 1.82) is 0 Å². The Morgan fingerprint density at radius 1 is 1.00 bits per heavy atom. The van der Waals surface area contributed by atoms with E-state index < -0.39 is 0 Å². The lowest BCUT2D eigenvalue weighted by molar-refractivity contribution is 0.616. The van der Waals surface area contributed by atoms with Gasteiger partial charge in [0.1, 0.15) is 17.2 Å². The van der Waals surface area contributed by atoms with Crippen molar-refractivity contribution < 1.29 is 8.81 Å². The third-order valence-electron chi connectivity index (χ3n) is 2.99. The van der Waals surface area contributed by atoms with E-state index >= 15 is 0 Å². The van der Waals surface area contributed by atoms with Crippen LogP contribution in [0, 0.1) is 19.9 Å². The predicted molar refractivity (Wildman–Crippen MR) is 91.8 cm³/mol. The van der Waals surface area contributed by atoms with Gasteiger partial charge in [0.15, 0.2) is 0 Å². The Morgan fingerprint density at radius 2 is 1.79 bits per heavy atom. The molecule has 1 aromatic heterocycles. The van der Waals surface area contributed by atoms with Crippen LogP contribution in [0.5, 0.6) is 0 Å². The van der Waals surface area contributed by atoms with Crippen LogP contribution < -0.4 is 0 Å². The summed E-state index contributed by atoms with van der Waals surface area (Å²) in [6, 6.07) is 11.0. The summed E-state index contributed by atoms with van der Waals surface area (Å²) in [5, 5.41) is 0.801. The first kappa shape index (κ1) is 13.4. The molecule has 96 valence electrons. The molecule has 3 rings (SSSR count). The lowest BCUT2D eigenvalue weighted by atomic mass is 10.1. The van der Waals surface area contributed by atoms with Crippen molar-refractivity contribution in [3.8, 4) is 11.3 Å². The van der Waals surface area contributed by atoms with Crippen LogP contribution in [0.25, 0.3) is 22.3 Å². The number of furan rings is 1. The van der Waals surface area contributed by atoms with Crippen LogP contribution in [0.3, 0.4) is 0 Å².